The monoisotopic (exact) mass is 427 g/mol. The summed E-state index contributed by atoms with van der Waals surface area (Å²) >= 11 is 0. The number of anilines is 2. The highest BCUT2D eigenvalue weighted by molar-refractivity contribution is 7.89. The number of hydrogen-bond donors (Lipinski definition) is 1. The Labute approximate surface area is 176 Å². The van der Waals surface area contributed by atoms with E-state index >= 15 is 0 Å². The van der Waals surface area contributed by atoms with E-state index in [1.165, 1.54) is 16.6 Å². The molecule has 0 unspecified atom stereocenters. The van der Waals surface area contributed by atoms with Gasteiger partial charge in [-0.1, -0.05) is 26.0 Å². The molecule has 8 nitrogen and oxygen atoms in total. The lowest BCUT2D eigenvalue weighted by molar-refractivity contribution is 0.102. The van der Waals surface area contributed by atoms with Crippen molar-refractivity contribution in [2.24, 2.45) is 0 Å². The van der Waals surface area contributed by atoms with E-state index in [1.807, 2.05) is 32.3 Å². The maximum Gasteiger partial charge on any atom is 0.275 e. The summed E-state index contributed by atoms with van der Waals surface area (Å²) in [7, 11) is -0.0222. The second-order valence-corrected chi connectivity index (χ2v) is 8.80. The predicted octanol–water partition coefficient (Wildman–Crippen LogP) is 2.98. The molecule has 0 aliphatic rings. The fraction of sp³-hybridized carbons (Fsp3) is 0.286. The average Bonchev–Trinajstić information content (AvgIpc) is 2.73. The van der Waals surface area contributed by atoms with Crippen LogP contribution in [0.4, 0.5) is 11.4 Å². The van der Waals surface area contributed by atoms with Gasteiger partial charge >= 0.3 is 0 Å². The topological polar surface area (TPSA) is 95.5 Å². The molecule has 0 atom stereocenters. The molecule has 1 amide bonds. The molecule has 1 aromatic heterocycles. The first-order chi connectivity index (χ1) is 14.3. The minimum Gasteiger partial charge on any atom is -0.376 e. The van der Waals surface area contributed by atoms with Crippen molar-refractivity contribution in [1.29, 1.82) is 0 Å². The predicted molar refractivity (Wildman–Crippen MR) is 118 cm³/mol. The number of carbonyl (C=O) groups excluding carboxylic acids is 1. The quantitative estimate of drug-likeness (QED) is 0.623. The Morgan fingerprint density at radius 3 is 2.33 bits per heavy atom. The van der Waals surface area contributed by atoms with Crippen LogP contribution in [0.2, 0.25) is 0 Å². The number of rotatable bonds is 7. The highest BCUT2D eigenvalue weighted by Gasteiger charge is 2.23. The minimum atomic E-state index is -3.66. The molecule has 0 spiro atoms. The molecule has 0 saturated heterocycles. The van der Waals surface area contributed by atoms with Gasteiger partial charge in [-0.05, 0) is 30.3 Å². The highest BCUT2D eigenvalue weighted by atomic mass is 32.2. The van der Waals surface area contributed by atoms with Crippen molar-refractivity contribution in [3.63, 3.8) is 0 Å². The largest absolute Gasteiger partial charge is 0.376 e. The molecule has 9 heteroatoms. The van der Waals surface area contributed by atoms with Gasteiger partial charge in [0.05, 0.1) is 33.5 Å². The Bertz CT molecular complexity index is 1170. The molecule has 3 aromatic rings. The fourth-order valence-corrected chi connectivity index (χ4v) is 4.62. The van der Waals surface area contributed by atoms with Crippen molar-refractivity contribution in [1.82, 2.24) is 14.3 Å². The number of nitrogens with zero attached hydrogens (tertiary/aromatic N) is 4. The summed E-state index contributed by atoms with van der Waals surface area (Å²) in [4.78, 5) is 23.4. The third-order valence-electron chi connectivity index (χ3n) is 4.72. The summed E-state index contributed by atoms with van der Waals surface area (Å²) in [6, 6.07) is 12.0. The molecule has 3 rings (SSSR count). The Kier molecular flexibility index (Phi) is 6.33. The normalized spacial score (nSPS) is 11.6. The van der Waals surface area contributed by atoms with E-state index in [-0.39, 0.29) is 10.6 Å². The number of benzene rings is 2. The van der Waals surface area contributed by atoms with Gasteiger partial charge in [0, 0.05) is 27.2 Å². The van der Waals surface area contributed by atoms with Crippen LogP contribution in [-0.2, 0) is 10.0 Å². The number of para-hydroxylation sites is 2. The van der Waals surface area contributed by atoms with Gasteiger partial charge in [-0.25, -0.2) is 13.4 Å². The van der Waals surface area contributed by atoms with Crippen molar-refractivity contribution < 1.29 is 13.2 Å². The molecule has 0 aliphatic carbocycles. The van der Waals surface area contributed by atoms with Gasteiger partial charge in [0.25, 0.3) is 5.91 Å². The Morgan fingerprint density at radius 2 is 1.70 bits per heavy atom. The van der Waals surface area contributed by atoms with E-state index in [9.17, 15) is 13.2 Å². The lowest BCUT2D eigenvalue weighted by Gasteiger charge is -2.22. The smallest absolute Gasteiger partial charge is 0.275 e. The zero-order valence-corrected chi connectivity index (χ0v) is 18.3. The molecule has 0 radical (unpaired) electrons. The zero-order valence-electron chi connectivity index (χ0n) is 17.5. The van der Waals surface area contributed by atoms with Crippen molar-refractivity contribution in [2.75, 3.05) is 37.4 Å². The van der Waals surface area contributed by atoms with Crippen LogP contribution in [0.3, 0.4) is 0 Å². The van der Waals surface area contributed by atoms with Crippen LogP contribution in [0, 0.1) is 0 Å². The van der Waals surface area contributed by atoms with Crippen LogP contribution >= 0.6 is 0 Å². The summed E-state index contributed by atoms with van der Waals surface area (Å²) in [5.74, 6) is -0.464. The van der Waals surface area contributed by atoms with Crippen molar-refractivity contribution in [3.8, 4) is 0 Å². The van der Waals surface area contributed by atoms with E-state index in [1.54, 1.807) is 36.9 Å². The molecule has 1 N–H and O–H groups in total. The Balaban J connectivity index is 1.99. The van der Waals surface area contributed by atoms with Crippen LogP contribution in [0.5, 0.6) is 0 Å². The summed E-state index contributed by atoms with van der Waals surface area (Å²) in [6.07, 6.45) is 1.41. The number of amides is 1. The Morgan fingerprint density at radius 1 is 1.03 bits per heavy atom. The standard InChI is InChI=1S/C21H25N5O3S/c1-5-26(6-2)30(28,29)15-11-12-20(25(3)4)18(13-15)24-21(27)19-14-22-16-9-7-8-10-17(16)23-19/h7-14H,5-6H2,1-4H3,(H,24,27). The number of hydrogen-bond acceptors (Lipinski definition) is 6. The number of fused-ring (bicyclic) bond motifs is 1. The fourth-order valence-electron chi connectivity index (χ4n) is 3.13. The van der Waals surface area contributed by atoms with Crippen molar-refractivity contribution >= 4 is 38.3 Å². The maximum absolute atomic E-state index is 12.9. The molecular formula is C21H25N5O3S. The third-order valence-corrected chi connectivity index (χ3v) is 6.77. The molecule has 30 heavy (non-hydrogen) atoms. The first-order valence-corrected chi connectivity index (χ1v) is 11.1. The number of sulfonamides is 1. The molecule has 0 fully saturated rings. The van der Waals surface area contributed by atoms with E-state index in [4.69, 9.17) is 0 Å². The van der Waals surface area contributed by atoms with Gasteiger partial charge in [-0.2, -0.15) is 4.31 Å². The van der Waals surface area contributed by atoms with E-state index in [0.29, 0.717) is 35.5 Å². The van der Waals surface area contributed by atoms with E-state index in [2.05, 4.69) is 15.3 Å². The van der Waals surface area contributed by atoms with Crippen LogP contribution < -0.4 is 10.2 Å². The molecular weight excluding hydrogens is 402 g/mol. The lowest BCUT2D eigenvalue weighted by Crippen LogP contribution is -2.30. The zero-order chi connectivity index (χ0) is 21.9. The first-order valence-electron chi connectivity index (χ1n) is 9.62. The Hall–Kier alpha value is -3.04. The second kappa shape index (κ2) is 8.76. The minimum absolute atomic E-state index is 0.122. The third kappa shape index (κ3) is 4.27. The maximum atomic E-state index is 12.9. The van der Waals surface area contributed by atoms with Gasteiger partial charge in [0.2, 0.25) is 10.0 Å². The molecule has 0 saturated carbocycles. The number of carbonyl (C=O) groups is 1. The molecule has 0 aliphatic heterocycles. The SMILES string of the molecule is CCN(CC)S(=O)(=O)c1ccc(N(C)C)c(NC(=O)c2cnc3ccccc3n2)c1. The summed E-state index contributed by atoms with van der Waals surface area (Å²) in [6.45, 7) is 4.30. The summed E-state index contributed by atoms with van der Waals surface area (Å²) < 4.78 is 27.2. The van der Waals surface area contributed by atoms with Gasteiger partial charge in [0.15, 0.2) is 0 Å². The number of nitrogens with one attached hydrogen (secondary N) is 1. The van der Waals surface area contributed by atoms with Crippen LogP contribution in [0.1, 0.15) is 24.3 Å². The molecule has 0 bridgehead atoms. The van der Waals surface area contributed by atoms with Crippen molar-refractivity contribution in [3.05, 3.63) is 54.4 Å². The van der Waals surface area contributed by atoms with Crippen LogP contribution in [0.25, 0.3) is 11.0 Å². The van der Waals surface area contributed by atoms with E-state index < -0.39 is 15.9 Å². The summed E-state index contributed by atoms with van der Waals surface area (Å²) in [5, 5.41) is 2.79. The summed E-state index contributed by atoms with van der Waals surface area (Å²) in [5.41, 5.74) is 2.50. The average molecular weight is 428 g/mol. The second-order valence-electron chi connectivity index (χ2n) is 6.86. The van der Waals surface area contributed by atoms with Crippen LogP contribution in [0.15, 0.2) is 53.6 Å². The van der Waals surface area contributed by atoms with Gasteiger partial charge in [-0.3, -0.25) is 9.78 Å². The van der Waals surface area contributed by atoms with E-state index in [0.717, 1.165) is 0 Å². The lowest BCUT2D eigenvalue weighted by atomic mass is 10.2. The first kappa shape index (κ1) is 21.7. The highest BCUT2D eigenvalue weighted by Crippen LogP contribution is 2.29. The van der Waals surface area contributed by atoms with Crippen LogP contribution in [-0.4, -0.2) is 55.8 Å². The molecule has 1 heterocycles. The molecule has 2 aromatic carbocycles. The number of aromatic nitrogens is 2. The van der Waals surface area contributed by atoms with Gasteiger partial charge in [-0.15, -0.1) is 0 Å². The molecule has 158 valence electrons. The van der Waals surface area contributed by atoms with Crippen molar-refractivity contribution in [2.45, 2.75) is 18.7 Å². The van der Waals surface area contributed by atoms with Gasteiger partial charge < -0.3 is 10.2 Å². The van der Waals surface area contributed by atoms with Gasteiger partial charge in [0.1, 0.15) is 5.69 Å².